The van der Waals surface area contributed by atoms with Crippen LogP contribution in [0.4, 0.5) is 5.13 Å². The summed E-state index contributed by atoms with van der Waals surface area (Å²) in [4.78, 5) is 23.1. The van der Waals surface area contributed by atoms with Gasteiger partial charge in [-0.15, -0.1) is 11.3 Å². The molecule has 0 unspecified atom stereocenters. The summed E-state index contributed by atoms with van der Waals surface area (Å²) < 4.78 is 5.51. The fourth-order valence-electron chi connectivity index (χ4n) is 3.81. The van der Waals surface area contributed by atoms with Crippen molar-refractivity contribution in [2.75, 3.05) is 38.7 Å². The number of benzene rings is 1. The van der Waals surface area contributed by atoms with E-state index in [-0.39, 0.29) is 5.97 Å². The molecule has 2 aromatic rings. The quantitative estimate of drug-likeness (QED) is 0.680. The highest BCUT2D eigenvalue weighted by molar-refractivity contribution is 7.15. The summed E-state index contributed by atoms with van der Waals surface area (Å²) in [6.07, 6.45) is 4.57. The summed E-state index contributed by atoms with van der Waals surface area (Å²) in [5.41, 5.74) is 0.727. The molecule has 0 bridgehead atoms. The van der Waals surface area contributed by atoms with Crippen LogP contribution in [0.2, 0.25) is 0 Å². The minimum atomic E-state index is -0.468. The highest BCUT2D eigenvalue weighted by Crippen LogP contribution is 2.36. The van der Waals surface area contributed by atoms with Crippen molar-refractivity contribution in [3.05, 3.63) is 47.0 Å². The van der Waals surface area contributed by atoms with Gasteiger partial charge < -0.3 is 9.64 Å². The summed E-state index contributed by atoms with van der Waals surface area (Å²) in [5.74, 6) is -0.0585. The van der Waals surface area contributed by atoms with Crippen molar-refractivity contribution in [2.45, 2.75) is 32.7 Å². The van der Waals surface area contributed by atoms with E-state index in [1.165, 1.54) is 10.4 Å². The van der Waals surface area contributed by atoms with Crippen LogP contribution in [0.15, 0.2) is 36.5 Å². The molecule has 1 saturated heterocycles. The van der Waals surface area contributed by atoms with Crippen LogP contribution in [-0.2, 0) is 22.5 Å². The Morgan fingerprint density at radius 2 is 2.11 bits per heavy atom. The van der Waals surface area contributed by atoms with Crippen LogP contribution in [0.3, 0.4) is 0 Å². The third kappa shape index (κ3) is 4.87. The van der Waals surface area contributed by atoms with Crippen molar-refractivity contribution in [1.82, 2.24) is 9.88 Å². The highest BCUT2D eigenvalue weighted by atomic mass is 32.1. The lowest BCUT2D eigenvalue weighted by Gasteiger charge is -2.41. The maximum Gasteiger partial charge on any atom is 0.313 e. The fraction of sp³-hybridized carbons (Fsp3) is 0.524. The molecule has 1 atom stereocenters. The summed E-state index contributed by atoms with van der Waals surface area (Å²) in [6.45, 7) is 4.88. The summed E-state index contributed by atoms with van der Waals surface area (Å²) >= 11 is 1.71. The van der Waals surface area contributed by atoms with Gasteiger partial charge in [0.05, 0.1) is 12.0 Å². The number of hydrogen-bond acceptors (Lipinski definition) is 6. The molecule has 1 aliphatic heterocycles. The van der Waals surface area contributed by atoms with E-state index in [1.807, 2.05) is 50.3 Å². The first kappa shape index (κ1) is 19.8. The number of piperidine rings is 1. The van der Waals surface area contributed by atoms with Gasteiger partial charge in [0.15, 0.2) is 5.13 Å². The number of thiazole rings is 1. The van der Waals surface area contributed by atoms with Crippen molar-refractivity contribution < 1.29 is 9.53 Å². The van der Waals surface area contributed by atoms with Crippen molar-refractivity contribution >= 4 is 22.4 Å². The van der Waals surface area contributed by atoms with E-state index in [2.05, 4.69) is 22.0 Å². The number of rotatable bonds is 7. The first-order valence-electron chi connectivity index (χ1n) is 9.58. The normalized spacial score (nSPS) is 20.4. The number of anilines is 1. The minimum absolute atomic E-state index is 0.0585. The van der Waals surface area contributed by atoms with Gasteiger partial charge in [-0.05, 0) is 38.3 Å². The van der Waals surface area contributed by atoms with E-state index in [9.17, 15) is 4.79 Å². The number of likely N-dealkylation sites (tertiary alicyclic amines) is 1. The maximum atomic E-state index is 13.0. The number of aromatic nitrogens is 1. The zero-order valence-corrected chi connectivity index (χ0v) is 17.3. The van der Waals surface area contributed by atoms with Crippen LogP contribution in [0.5, 0.6) is 0 Å². The maximum absolute atomic E-state index is 13.0. The van der Waals surface area contributed by atoms with E-state index in [0.717, 1.165) is 44.0 Å². The number of ether oxygens (including phenoxy) is 1. The van der Waals surface area contributed by atoms with Gasteiger partial charge in [-0.2, -0.15) is 0 Å². The Balaban J connectivity index is 1.77. The lowest BCUT2D eigenvalue weighted by molar-refractivity contribution is -0.159. The van der Waals surface area contributed by atoms with E-state index in [1.54, 1.807) is 11.3 Å². The first-order valence-corrected chi connectivity index (χ1v) is 10.4. The lowest BCUT2D eigenvalue weighted by atomic mass is 9.75. The van der Waals surface area contributed by atoms with Crippen LogP contribution < -0.4 is 4.90 Å². The number of esters is 1. The molecule has 0 radical (unpaired) electrons. The SMILES string of the molecule is CCOC(=O)[C@@]1(Cc2ccccc2)CCCN(Cc2cnc(N(C)C)s2)C1. The Morgan fingerprint density at radius 3 is 2.78 bits per heavy atom. The average molecular weight is 388 g/mol. The standard InChI is InChI=1S/C21H29N3O2S/c1-4-26-19(25)21(13-17-9-6-5-7-10-17)11-8-12-24(16-21)15-18-14-22-20(27-18)23(2)3/h5-7,9-10,14H,4,8,11-13,15-16H2,1-3H3/t21-/m1/s1. The molecule has 146 valence electrons. The van der Waals surface area contributed by atoms with Crippen LogP contribution in [0, 0.1) is 5.41 Å². The molecule has 0 saturated carbocycles. The van der Waals surface area contributed by atoms with E-state index in [4.69, 9.17) is 4.74 Å². The van der Waals surface area contributed by atoms with Crippen molar-refractivity contribution in [3.63, 3.8) is 0 Å². The first-order chi connectivity index (χ1) is 13.0. The average Bonchev–Trinajstić information content (AvgIpc) is 3.12. The largest absolute Gasteiger partial charge is 0.466 e. The van der Waals surface area contributed by atoms with Crippen LogP contribution >= 0.6 is 11.3 Å². The Hall–Kier alpha value is -1.92. The van der Waals surface area contributed by atoms with E-state index >= 15 is 0 Å². The van der Waals surface area contributed by atoms with Crippen molar-refractivity contribution in [2.24, 2.45) is 5.41 Å². The predicted octanol–water partition coefficient (Wildman–Crippen LogP) is 3.60. The molecular formula is C21H29N3O2S. The molecule has 27 heavy (non-hydrogen) atoms. The minimum Gasteiger partial charge on any atom is -0.466 e. The predicted molar refractivity (Wildman–Crippen MR) is 110 cm³/mol. The molecule has 1 aromatic heterocycles. The van der Waals surface area contributed by atoms with Gasteiger partial charge in [-0.3, -0.25) is 9.69 Å². The van der Waals surface area contributed by atoms with Gasteiger partial charge >= 0.3 is 5.97 Å². The third-order valence-electron chi connectivity index (χ3n) is 5.05. The number of carbonyl (C=O) groups is 1. The molecule has 1 fully saturated rings. The van der Waals surface area contributed by atoms with Crippen molar-refractivity contribution in [1.29, 1.82) is 0 Å². The molecule has 2 heterocycles. The molecular weight excluding hydrogens is 358 g/mol. The van der Waals surface area contributed by atoms with Gasteiger partial charge in [-0.1, -0.05) is 30.3 Å². The van der Waals surface area contributed by atoms with E-state index < -0.39 is 5.41 Å². The Bertz CT molecular complexity index is 747. The Labute approximate surface area is 166 Å². The van der Waals surface area contributed by atoms with Gasteiger partial charge in [0.2, 0.25) is 0 Å². The fourth-order valence-corrected chi connectivity index (χ4v) is 4.69. The molecule has 5 nitrogen and oxygen atoms in total. The summed E-state index contributed by atoms with van der Waals surface area (Å²) in [6, 6.07) is 10.3. The zero-order chi connectivity index (χ0) is 19.3. The highest BCUT2D eigenvalue weighted by Gasteiger charge is 2.43. The van der Waals surface area contributed by atoms with Crippen LogP contribution in [0.25, 0.3) is 0 Å². The Morgan fingerprint density at radius 1 is 1.33 bits per heavy atom. The second kappa shape index (κ2) is 8.85. The molecule has 0 aliphatic carbocycles. The topological polar surface area (TPSA) is 45.7 Å². The summed E-state index contributed by atoms with van der Waals surface area (Å²) in [5, 5.41) is 1.02. The lowest BCUT2D eigenvalue weighted by Crippen LogP contribution is -2.49. The van der Waals surface area contributed by atoms with Crippen molar-refractivity contribution in [3.8, 4) is 0 Å². The van der Waals surface area contributed by atoms with Gasteiger partial charge in [0.25, 0.3) is 0 Å². The molecule has 0 N–H and O–H groups in total. The smallest absolute Gasteiger partial charge is 0.313 e. The second-order valence-electron chi connectivity index (χ2n) is 7.48. The Kier molecular flexibility index (Phi) is 6.50. The summed E-state index contributed by atoms with van der Waals surface area (Å²) in [7, 11) is 4.02. The van der Waals surface area contributed by atoms with Gasteiger partial charge in [-0.25, -0.2) is 4.98 Å². The molecule has 6 heteroatoms. The molecule has 1 aromatic carbocycles. The second-order valence-corrected chi connectivity index (χ2v) is 8.57. The van der Waals surface area contributed by atoms with Gasteiger partial charge in [0, 0.05) is 38.3 Å². The third-order valence-corrected chi connectivity index (χ3v) is 6.20. The van der Waals surface area contributed by atoms with Gasteiger partial charge in [0.1, 0.15) is 0 Å². The molecule has 0 amide bonds. The molecule has 3 rings (SSSR count). The number of nitrogens with zero attached hydrogens (tertiary/aromatic N) is 3. The van der Waals surface area contributed by atoms with Crippen LogP contribution in [0.1, 0.15) is 30.2 Å². The van der Waals surface area contributed by atoms with Crippen LogP contribution in [-0.4, -0.2) is 49.6 Å². The number of carbonyl (C=O) groups excluding carboxylic acids is 1. The number of hydrogen-bond donors (Lipinski definition) is 0. The zero-order valence-electron chi connectivity index (χ0n) is 16.5. The monoisotopic (exact) mass is 387 g/mol. The van der Waals surface area contributed by atoms with E-state index in [0.29, 0.717) is 6.61 Å². The molecule has 1 aliphatic rings. The molecule has 0 spiro atoms.